The fraction of sp³-hybridized carbons (Fsp3) is 0.167. The van der Waals surface area contributed by atoms with Gasteiger partial charge in [-0.05, 0) is 56.7 Å². The third kappa shape index (κ3) is 5.14. The van der Waals surface area contributed by atoms with Crippen LogP contribution in [0.1, 0.15) is 34.2 Å². The highest BCUT2D eigenvalue weighted by Crippen LogP contribution is 2.19. The number of anilines is 1. The van der Waals surface area contributed by atoms with Crippen LogP contribution in [0.5, 0.6) is 0 Å². The van der Waals surface area contributed by atoms with Gasteiger partial charge >= 0.3 is 5.97 Å². The second kappa shape index (κ2) is 9.67. The van der Waals surface area contributed by atoms with Crippen LogP contribution < -0.4 is 5.32 Å². The molecule has 1 heterocycles. The molecule has 1 aromatic heterocycles. The van der Waals surface area contributed by atoms with Crippen molar-refractivity contribution in [2.75, 3.05) is 11.9 Å². The summed E-state index contributed by atoms with van der Waals surface area (Å²) in [6.45, 7) is 5.52. The van der Waals surface area contributed by atoms with E-state index in [4.69, 9.17) is 4.74 Å². The molecule has 0 saturated carbocycles. The van der Waals surface area contributed by atoms with Crippen LogP contribution in [-0.2, 0) is 14.3 Å². The number of hydrogen-bond donors (Lipinski definition) is 1. The Labute approximate surface area is 180 Å². The zero-order chi connectivity index (χ0) is 22.4. The lowest BCUT2D eigenvalue weighted by atomic mass is 10.1. The Balaban J connectivity index is 1.72. The summed E-state index contributed by atoms with van der Waals surface area (Å²) in [6, 6.07) is 16.2. The zero-order valence-corrected chi connectivity index (χ0v) is 17.6. The van der Waals surface area contributed by atoms with Crippen LogP contribution in [0.2, 0.25) is 0 Å². The fourth-order valence-electron chi connectivity index (χ4n) is 3.13. The largest absolute Gasteiger partial charge is 0.463 e. The third-order valence-corrected chi connectivity index (χ3v) is 4.59. The van der Waals surface area contributed by atoms with Gasteiger partial charge in [-0.1, -0.05) is 30.3 Å². The highest BCUT2D eigenvalue weighted by atomic mass is 16.5. The number of carbonyl (C=O) groups excluding carboxylic acids is 3. The minimum absolute atomic E-state index is 0.287. The summed E-state index contributed by atoms with van der Waals surface area (Å²) in [5.41, 5.74) is 3.42. The van der Waals surface area contributed by atoms with E-state index in [-0.39, 0.29) is 5.56 Å². The van der Waals surface area contributed by atoms with Crippen LogP contribution in [0.3, 0.4) is 0 Å². The Morgan fingerprint density at radius 3 is 2.35 bits per heavy atom. The SMILES string of the molecule is CCOC(=O)/C=C/c1ccc(NC(=O)C(=O)c2c(C)nn(-c3ccccc3)c2C)cc1. The highest BCUT2D eigenvalue weighted by Gasteiger charge is 2.25. The van der Waals surface area contributed by atoms with E-state index in [0.717, 1.165) is 11.3 Å². The molecule has 0 aliphatic heterocycles. The second-order valence-electron chi connectivity index (χ2n) is 6.78. The van der Waals surface area contributed by atoms with E-state index in [9.17, 15) is 14.4 Å². The van der Waals surface area contributed by atoms with Gasteiger partial charge in [0, 0.05) is 11.8 Å². The minimum atomic E-state index is -0.742. The number of aromatic nitrogens is 2. The van der Waals surface area contributed by atoms with Crippen LogP contribution in [0.15, 0.2) is 60.7 Å². The molecule has 0 bridgehead atoms. The van der Waals surface area contributed by atoms with Gasteiger partial charge < -0.3 is 10.1 Å². The minimum Gasteiger partial charge on any atom is -0.463 e. The van der Waals surface area contributed by atoms with E-state index in [1.807, 2.05) is 30.3 Å². The Hall–Kier alpha value is -4.00. The number of benzene rings is 2. The summed E-state index contributed by atoms with van der Waals surface area (Å²) in [4.78, 5) is 36.8. The van der Waals surface area contributed by atoms with E-state index in [1.165, 1.54) is 6.08 Å². The molecule has 0 spiro atoms. The molecule has 31 heavy (non-hydrogen) atoms. The molecule has 3 rings (SSSR count). The molecule has 7 nitrogen and oxygen atoms in total. The van der Waals surface area contributed by atoms with Crippen molar-refractivity contribution in [3.63, 3.8) is 0 Å². The first-order chi connectivity index (χ1) is 14.9. The summed E-state index contributed by atoms with van der Waals surface area (Å²) in [5.74, 6) is -1.82. The van der Waals surface area contributed by atoms with E-state index < -0.39 is 17.7 Å². The van der Waals surface area contributed by atoms with Gasteiger partial charge in [-0.25, -0.2) is 9.48 Å². The fourth-order valence-corrected chi connectivity index (χ4v) is 3.13. The predicted molar refractivity (Wildman–Crippen MR) is 118 cm³/mol. The lowest BCUT2D eigenvalue weighted by molar-refractivity contribution is -0.137. The quantitative estimate of drug-likeness (QED) is 0.273. The zero-order valence-electron chi connectivity index (χ0n) is 17.6. The molecule has 0 unspecified atom stereocenters. The number of Topliss-reactive ketones (excluding diaryl/α,β-unsaturated/α-hetero) is 1. The molecule has 2 aromatic carbocycles. The number of amides is 1. The molecular formula is C24H23N3O4. The maximum atomic E-state index is 12.8. The Morgan fingerprint density at radius 1 is 1.03 bits per heavy atom. The highest BCUT2D eigenvalue weighted by molar-refractivity contribution is 6.47. The van der Waals surface area contributed by atoms with Gasteiger partial charge in [-0.3, -0.25) is 9.59 Å². The number of hydrogen-bond acceptors (Lipinski definition) is 5. The number of rotatable bonds is 7. The molecule has 0 aliphatic carbocycles. The summed E-state index contributed by atoms with van der Waals surface area (Å²) >= 11 is 0. The number of nitrogens with zero attached hydrogens (tertiary/aromatic N) is 2. The van der Waals surface area contributed by atoms with Crippen molar-refractivity contribution in [2.24, 2.45) is 0 Å². The maximum absolute atomic E-state index is 12.8. The number of ether oxygens (including phenoxy) is 1. The Morgan fingerprint density at radius 2 is 1.71 bits per heavy atom. The van der Waals surface area contributed by atoms with E-state index in [1.54, 1.807) is 55.8 Å². The predicted octanol–water partition coefficient (Wildman–Crippen LogP) is 3.89. The van der Waals surface area contributed by atoms with Crippen molar-refractivity contribution < 1.29 is 19.1 Å². The van der Waals surface area contributed by atoms with Crippen molar-refractivity contribution in [2.45, 2.75) is 20.8 Å². The van der Waals surface area contributed by atoms with Crippen molar-refractivity contribution in [3.05, 3.63) is 83.2 Å². The smallest absolute Gasteiger partial charge is 0.330 e. The summed E-state index contributed by atoms with van der Waals surface area (Å²) in [6.07, 6.45) is 2.94. The molecule has 0 saturated heterocycles. The van der Waals surface area contributed by atoms with Crippen molar-refractivity contribution in [3.8, 4) is 5.69 Å². The number of nitrogens with one attached hydrogen (secondary N) is 1. The lowest BCUT2D eigenvalue weighted by Crippen LogP contribution is -2.24. The van der Waals surface area contributed by atoms with Crippen LogP contribution in [-0.4, -0.2) is 34.0 Å². The molecule has 7 heteroatoms. The van der Waals surface area contributed by atoms with Crippen LogP contribution in [0.25, 0.3) is 11.8 Å². The number of para-hydroxylation sites is 1. The van der Waals surface area contributed by atoms with Gasteiger partial charge in [-0.15, -0.1) is 0 Å². The Kier molecular flexibility index (Phi) is 6.77. The van der Waals surface area contributed by atoms with Crippen LogP contribution in [0.4, 0.5) is 5.69 Å². The average molecular weight is 417 g/mol. The van der Waals surface area contributed by atoms with Crippen molar-refractivity contribution >= 4 is 29.4 Å². The molecule has 1 N–H and O–H groups in total. The molecule has 0 fully saturated rings. The van der Waals surface area contributed by atoms with E-state index in [2.05, 4.69) is 10.4 Å². The number of aryl methyl sites for hydroxylation is 1. The molecule has 1 amide bonds. The normalized spacial score (nSPS) is 10.8. The van der Waals surface area contributed by atoms with Gasteiger partial charge in [0.05, 0.1) is 29.2 Å². The first kappa shape index (κ1) is 21.7. The topological polar surface area (TPSA) is 90.3 Å². The number of ketones is 1. The summed E-state index contributed by atoms with van der Waals surface area (Å²) in [7, 11) is 0. The van der Waals surface area contributed by atoms with Gasteiger partial charge in [0.15, 0.2) is 0 Å². The first-order valence-electron chi connectivity index (χ1n) is 9.83. The average Bonchev–Trinajstić information content (AvgIpc) is 3.07. The van der Waals surface area contributed by atoms with Gasteiger partial charge in [0.25, 0.3) is 11.7 Å². The molecule has 158 valence electrons. The van der Waals surface area contributed by atoms with Crippen molar-refractivity contribution in [1.82, 2.24) is 9.78 Å². The van der Waals surface area contributed by atoms with Gasteiger partial charge in [-0.2, -0.15) is 5.10 Å². The lowest BCUT2D eigenvalue weighted by Gasteiger charge is -2.06. The van der Waals surface area contributed by atoms with Gasteiger partial charge in [0.2, 0.25) is 0 Å². The second-order valence-corrected chi connectivity index (χ2v) is 6.78. The number of esters is 1. The van der Waals surface area contributed by atoms with E-state index >= 15 is 0 Å². The van der Waals surface area contributed by atoms with Crippen LogP contribution >= 0.6 is 0 Å². The molecule has 0 aliphatic rings. The van der Waals surface area contributed by atoms with E-state index in [0.29, 0.717) is 23.7 Å². The first-order valence-corrected chi connectivity index (χ1v) is 9.83. The summed E-state index contributed by atoms with van der Waals surface area (Å²) < 4.78 is 6.48. The molecule has 0 atom stereocenters. The molecule has 0 radical (unpaired) electrons. The summed E-state index contributed by atoms with van der Waals surface area (Å²) in [5, 5.41) is 7.04. The molecule has 3 aromatic rings. The maximum Gasteiger partial charge on any atom is 0.330 e. The van der Waals surface area contributed by atoms with Gasteiger partial charge in [0.1, 0.15) is 0 Å². The van der Waals surface area contributed by atoms with Crippen LogP contribution in [0, 0.1) is 13.8 Å². The monoisotopic (exact) mass is 417 g/mol. The number of carbonyl (C=O) groups is 3. The standard InChI is InChI=1S/C24H23N3O4/c1-4-31-21(28)15-12-18-10-13-19(14-11-18)25-24(30)23(29)22-16(2)26-27(17(22)3)20-8-6-5-7-9-20/h5-15H,4H2,1-3H3,(H,25,30)/b15-12+. The third-order valence-electron chi connectivity index (χ3n) is 4.59. The molecular weight excluding hydrogens is 394 g/mol. The van der Waals surface area contributed by atoms with Crippen molar-refractivity contribution in [1.29, 1.82) is 0 Å². The Bertz CT molecular complexity index is 1130.